The number of aromatic nitrogens is 2. The quantitative estimate of drug-likeness (QED) is 0.495. The lowest BCUT2D eigenvalue weighted by Crippen LogP contribution is -2.32. The normalized spacial score (nSPS) is 16.7. The number of rotatable bonds is 8. The number of benzene rings is 1. The van der Waals surface area contributed by atoms with Gasteiger partial charge in [0.2, 0.25) is 0 Å². The van der Waals surface area contributed by atoms with E-state index in [1.165, 1.54) is 6.42 Å². The molecule has 29 heavy (non-hydrogen) atoms. The van der Waals surface area contributed by atoms with Gasteiger partial charge in [0, 0.05) is 49.2 Å². The molecular weight excluding hydrogens is 386 g/mol. The molecule has 5 nitrogen and oxygen atoms in total. The minimum Gasteiger partial charge on any atom is -0.464 e. The van der Waals surface area contributed by atoms with E-state index in [2.05, 4.69) is 26.6 Å². The maximum absolute atomic E-state index is 13.0. The third kappa shape index (κ3) is 5.17. The van der Waals surface area contributed by atoms with E-state index in [0.717, 1.165) is 38.9 Å². The van der Waals surface area contributed by atoms with Crippen molar-refractivity contribution in [2.24, 2.45) is 5.92 Å². The highest BCUT2D eigenvalue weighted by Crippen LogP contribution is 2.21. The Balaban J connectivity index is 1.50. The summed E-state index contributed by atoms with van der Waals surface area (Å²) in [7, 11) is 0. The maximum atomic E-state index is 13.0. The average molecular weight is 412 g/mol. The minimum atomic E-state index is 0.0110. The molecule has 0 aliphatic heterocycles. The topological polar surface area (TPSA) is 51.3 Å². The van der Waals surface area contributed by atoms with Crippen molar-refractivity contribution in [3.63, 3.8) is 0 Å². The minimum absolute atomic E-state index is 0.0110. The van der Waals surface area contributed by atoms with Crippen LogP contribution >= 0.6 is 11.6 Å². The van der Waals surface area contributed by atoms with Gasteiger partial charge in [-0.1, -0.05) is 23.8 Å². The monoisotopic (exact) mass is 411 g/mol. The average Bonchev–Trinajstić information content (AvgIpc) is 3.25. The van der Waals surface area contributed by atoms with Crippen molar-refractivity contribution in [1.29, 1.82) is 0 Å². The van der Waals surface area contributed by atoms with Crippen LogP contribution in [0.5, 0.6) is 0 Å². The van der Waals surface area contributed by atoms with E-state index < -0.39 is 0 Å². The molecule has 0 N–H and O–H groups in total. The third-order valence-electron chi connectivity index (χ3n) is 5.54. The molecule has 1 atom stereocenters. The largest absolute Gasteiger partial charge is 0.464 e. The number of allylic oxidation sites excluding steroid dienone is 2. The molecule has 2 heterocycles. The summed E-state index contributed by atoms with van der Waals surface area (Å²) < 4.78 is 7.82. The van der Waals surface area contributed by atoms with Gasteiger partial charge in [0.1, 0.15) is 5.58 Å². The number of imidazole rings is 1. The predicted molar refractivity (Wildman–Crippen MR) is 116 cm³/mol. The first-order chi connectivity index (χ1) is 14.2. The van der Waals surface area contributed by atoms with Crippen LogP contribution in [0.25, 0.3) is 11.0 Å². The highest BCUT2D eigenvalue weighted by Gasteiger charge is 2.17. The zero-order valence-electron chi connectivity index (χ0n) is 16.5. The Bertz CT molecular complexity index is 1030. The molecule has 0 unspecified atom stereocenters. The highest BCUT2D eigenvalue weighted by molar-refractivity contribution is 6.31. The van der Waals surface area contributed by atoms with Gasteiger partial charge < -0.3 is 8.98 Å². The van der Waals surface area contributed by atoms with Crippen LogP contribution in [0.1, 0.15) is 31.2 Å². The second kappa shape index (κ2) is 9.42. The van der Waals surface area contributed by atoms with E-state index in [1.807, 2.05) is 12.5 Å². The van der Waals surface area contributed by atoms with Gasteiger partial charge in [-0.3, -0.25) is 9.69 Å². The SMILES string of the molecule is O=c1c(CN(CCCn2ccnc2)C[C@H]2CC=CCC2)coc2ccc(Cl)cc12. The molecule has 152 valence electrons. The first kappa shape index (κ1) is 19.9. The van der Waals surface area contributed by atoms with Crippen molar-refractivity contribution >= 4 is 22.6 Å². The first-order valence-corrected chi connectivity index (χ1v) is 10.6. The maximum Gasteiger partial charge on any atom is 0.197 e. The van der Waals surface area contributed by atoms with Crippen LogP contribution < -0.4 is 5.43 Å². The molecule has 3 aromatic rings. The Morgan fingerprint density at radius 1 is 1.31 bits per heavy atom. The van der Waals surface area contributed by atoms with Crippen molar-refractivity contribution in [3.05, 3.63) is 76.1 Å². The number of halogens is 1. The van der Waals surface area contributed by atoms with Gasteiger partial charge in [0.05, 0.1) is 18.0 Å². The van der Waals surface area contributed by atoms with Gasteiger partial charge in [-0.25, -0.2) is 4.98 Å². The van der Waals surface area contributed by atoms with E-state index in [9.17, 15) is 4.79 Å². The third-order valence-corrected chi connectivity index (χ3v) is 5.78. The van der Waals surface area contributed by atoms with E-state index in [-0.39, 0.29) is 5.43 Å². The Morgan fingerprint density at radius 2 is 2.24 bits per heavy atom. The van der Waals surface area contributed by atoms with E-state index in [0.29, 0.717) is 34.0 Å². The zero-order valence-corrected chi connectivity index (χ0v) is 17.2. The molecule has 0 bridgehead atoms. The Labute approximate surface area is 175 Å². The Kier molecular flexibility index (Phi) is 6.47. The van der Waals surface area contributed by atoms with Crippen molar-refractivity contribution in [2.45, 2.75) is 38.8 Å². The molecule has 2 aromatic heterocycles. The zero-order chi connectivity index (χ0) is 20.1. The Hall–Kier alpha value is -2.37. The molecule has 1 aromatic carbocycles. The van der Waals surface area contributed by atoms with Crippen LogP contribution in [-0.2, 0) is 13.1 Å². The molecule has 1 aliphatic rings. The lowest BCUT2D eigenvalue weighted by atomic mass is 9.93. The van der Waals surface area contributed by atoms with Crippen molar-refractivity contribution < 1.29 is 4.42 Å². The smallest absolute Gasteiger partial charge is 0.197 e. The second-order valence-corrected chi connectivity index (χ2v) is 8.21. The van der Waals surface area contributed by atoms with E-state index >= 15 is 0 Å². The van der Waals surface area contributed by atoms with Crippen LogP contribution in [0, 0.1) is 5.92 Å². The summed E-state index contributed by atoms with van der Waals surface area (Å²) in [5.41, 5.74) is 1.28. The number of fused-ring (bicyclic) bond motifs is 1. The molecule has 0 amide bonds. The summed E-state index contributed by atoms with van der Waals surface area (Å²) in [5.74, 6) is 0.634. The summed E-state index contributed by atoms with van der Waals surface area (Å²) >= 11 is 6.09. The molecule has 0 radical (unpaired) electrons. The summed E-state index contributed by atoms with van der Waals surface area (Å²) in [5, 5.41) is 1.10. The van der Waals surface area contributed by atoms with Crippen LogP contribution in [0.4, 0.5) is 0 Å². The second-order valence-electron chi connectivity index (χ2n) is 7.77. The number of hydrogen-bond donors (Lipinski definition) is 0. The fourth-order valence-corrected chi connectivity index (χ4v) is 4.18. The molecule has 6 heteroatoms. The number of nitrogens with zero attached hydrogens (tertiary/aromatic N) is 3. The number of hydrogen-bond acceptors (Lipinski definition) is 4. The van der Waals surface area contributed by atoms with Crippen LogP contribution in [0.2, 0.25) is 5.02 Å². The summed E-state index contributed by atoms with van der Waals surface area (Å²) in [6.45, 7) is 3.42. The summed E-state index contributed by atoms with van der Waals surface area (Å²) in [4.78, 5) is 19.5. The van der Waals surface area contributed by atoms with Gasteiger partial charge in [-0.2, -0.15) is 0 Å². The van der Waals surface area contributed by atoms with Crippen LogP contribution in [0.3, 0.4) is 0 Å². The lowest BCUT2D eigenvalue weighted by molar-refractivity contribution is 0.208. The van der Waals surface area contributed by atoms with Crippen LogP contribution in [0.15, 0.2) is 64.5 Å². The summed E-state index contributed by atoms with van der Waals surface area (Å²) in [6, 6.07) is 5.19. The standard InChI is InChI=1S/C23H26ClN3O2/c24-20-7-8-22-21(13-20)23(28)19(16-29-22)15-27(14-18-5-2-1-3-6-18)11-4-10-26-12-9-25-17-26/h1-2,7-9,12-13,16-18H,3-6,10-11,14-15H2/t18-/m0/s1. The molecular formula is C23H26ClN3O2. The van der Waals surface area contributed by atoms with Crippen molar-refractivity contribution in [3.8, 4) is 0 Å². The molecule has 0 saturated carbocycles. The van der Waals surface area contributed by atoms with Gasteiger partial charge in [-0.15, -0.1) is 0 Å². The fraction of sp³-hybridized carbons (Fsp3) is 0.391. The first-order valence-electron chi connectivity index (χ1n) is 10.2. The van der Waals surface area contributed by atoms with Crippen LogP contribution in [-0.4, -0.2) is 27.5 Å². The molecule has 0 fully saturated rings. The highest BCUT2D eigenvalue weighted by atomic mass is 35.5. The van der Waals surface area contributed by atoms with Crippen molar-refractivity contribution in [1.82, 2.24) is 14.5 Å². The van der Waals surface area contributed by atoms with Gasteiger partial charge >= 0.3 is 0 Å². The molecule has 0 saturated heterocycles. The van der Waals surface area contributed by atoms with E-state index in [4.69, 9.17) is 16.0 Å². The molecule has 1 aliphatic carbocycles. The molecule has 0 spiro atoms. The summed E-state index contributed by atoms with van der Waals surface area (Å²) in [6.07, 6.45) is 16.3. The van der Waals surface area contributed by atoms with Gasteiger partial charge in [0.15, 0.2) is 5.43 Å². The number of aryl methyl sites for hydroxylation is 1. The van der Waals surface area contributed by atoms with Crippen molar-refractivity contribution in [2.75, 3.05) is 13.1 Å². The van der Waals surface area contributed by atoms with Gasteiger partial charge in [-0.05, 0) is 49.8 Å². The van der Waals surface area contributed by atoms with Gasteiger partial charge in [0.25, 0.3) is 0 Å². The lowest BCUT2D eigenvalue weighted by Gasteiger charge is -2.28. The predicted octanol–water partition coefficient (Wildman–Crippen LogP) is 4.89. The molecule has 4 rings (SSSR count). The van der Waals surface area contributed by atoms with E-state index in [1.54, 1.807) is 30.7 Å². The Morgan fingerprint density at radius 3 is 3.03 bits per heavy atom. The fourth-order valence-electron chi connectivity index (χ4n) is 4.01.